The number of carbonyl (C=O) groups excluding carboxylic acids is 1. The van der Waals surface area contributed by atoms with Crippen LogP contribution in [0.15, 0.2) is 0 Å². The molecule has 0 radical (unpaired) electrons. The number of rotatable bonds is 4. The van der Waals surface area contributed by atoms with E-state index in [1.165, 1.54) is 0 Å². The molecule has 5 heteroatoms. The van der Waals surface area contributed by atoms with E-state index in [0.717, 1.165) is 12.1 Å². The average Bonchev–Trinajstić information content (AvgIpc) is 2.46. The number of amides is 1. The zero-order valence-corrected chi connectivity index (χ0v) is 8.82. The second kappa shape index (κ2) is 4.21. The quantitative estimate of drug-likeness (QED) is 0.759. The fraction of sp³-hybridized carbons (Fsp3) is 0.667. The maximum absolute atomic E-state index is 10.8. The summed E-state index contributed by atoms with van der Waals surface area (Å²) in [7, 11) is 0. The van der Waals surface area contributed by atoms with Crippen molar-refractivity contribution >= 4 is 5.91 Å². The number of primary amides is 1. The first-order valence-corrected chi connectivity index (χ1v) is 4.77. The van der Waals surface area contributed by atoms with E-state index in [4.69, 9.17) is 5.73 Å². The van der Waals surface area contributed by atoms with Gasteiger partial charge in [-0.1, -0.05) is 12.1 Å². The topological polar surface area (TPSA) is 73.8 Å². The fourth-order valence-corrected chi connectivity index (χ4v) is 1.43. The van der Waals surface area contributed by atoms with Crippen LogP contribution < -0.4 is 5.73 Å². The van der Waals surface area contributed by atoms with Crippen LogP contribution in [0.25, 0.3) is 0 Å². The van der Waals surface area contributed by atoms with E-state index in [1.807, 2.05) is 25.5 Å². The second-order valence-corrected chi connectivity index (χ2v) is 3.52. The number of hydrogen-bond acceptors (Lipinski definition) is 3. The Labute approximate surface area is 83.3 Å². The van der Waals surface area contributed by atoms with Crippen LogP contribution in [0.1, 0.15) is 38.2 Å². The summed E-state index contributed by atoms with van der Waals surface area (Å²) in [6.07, 6.45) is 0.990. The van der Waals surface area contributed by atoms with Gasteiger partial charge in [-0.15, -0.1) is 5.10 Å². The lowest BCUT2D eigenvalue weighted by Crippen LogP contribution is -2.15. The molecule has 0 unspecified atom stereocenters. The van der Waals surface area contributed by atoms with E-state index in [1.54, 1.807) is 0 Å². The summed E-state index contributed by atoms with van der Waals surface area (Å²) >= 11 is 0. The van der Waals surface area contributed by atoms with E-state index < -0.39 is 0 Å². The van der Waals surface area contributed by atoms with Crippen LogP contribution in [-0.4, -0.2) is 20.9 Å². The molecule has 0 aromatic carbocycles. The Morgan fingerprint density at radius 2 is 2.21 bits per heavy atom. The van der Waals surface area contributed by atoms with Gasteiger partial charge in [0.1, 0.15) is 0 Å². The number of nitrogens with two attached hydrogens (primary N) is 1. The summed E-state index contributed by atoms with van der Waals surface area (Å²) in [6.45, 7) is 6.08. The normalized spacial score (nSPS) is 10.9. The molecule has 0 aliphatic carbocycles. The van der Waals surface area contributed by atoms with Crippen molar-refractivity contribution in [3.05, 3.63) is 11.4 Å². The molecule has 5 nitrogen and oxygen atoms in total. The highest BCUT2D eigenvalue weighted by atomic mass is 16.1. The van der Waals surface area contributed by atoms with E-state index >= 15 is 0 Å². The standard InChI is InChI=1S/C9H16N4O/c1-4-8-7(5-9(10)14)11-12-13(8)6(2)3/h6H,4-5H2,1-3H3,(H2,10,14). The van der Waals surface area contributed by atoms with Gasteiger partial charge in [-0.05, 0) is 20.3 Å². The van der Waals surface area contributed by atoms with Crippen LogP contribution in [0.3, 0.4) is 0 Å². The highest BCUT2D eigenvalue weighted by molar-refractivity contribution is 5.76. The van der Waals surface area contributed by atoms with Gasteiger partial charge in [0.25, 0.3) is 0 Å². The van der Waals surface area contributed by atoms with Gasteiger partial charge in [0.15, 0.2) is 0 Å². The molecule has 0 bridgehead atoms. The molecule has 78 valence electrons. The first-order valence-electron chi connectivity index (χ1n) is 4.77. The van der Waals surface area contributed by atoms with Crippen molar-refractivity contribution < 1.29 is 4.79 Å². The number of carbonyl (C=O) groups is 1. The predicted octanol–water partition coefficient (Wildman–Crippen LogP) is 0.449. The maximum Gasteiger partial charge on any atom is 0.223 e. The smallest absolute Gasteiger partial charge is 0.223 e. The Hall–Kier alpha value is -1.39. The minimum atomic E-state index is -0.365. The third-order valence-corrected chi connectivity index (χ3v) is 2.04. The van der Waals surface area contributed by atoms with Gasteiger partial charge >= 0.3 is 0 Å². The summed E-state index contributed by atoms with van der Waals surface area (Å²) in [5.41, 5.74) is 6.82. The van der Waals surface area contributed by atoms with E-state index in [0.29, 0.717) is 5.69 Å². The van der Waals surface area contributed by atoms with Gasteiger partial charge < -0.3 is 5.73 Å². The van der Waals surface area contributed by atoms with Crippen molar-refractivity contribution in [1.82, 2.24) is 15.0 Å². The Balaban J connectivity index is 3.01. The molecule has 1 heterocycles. The Morgan fingerprint density at radius 3 is 2.64 bits per heavy atom. The zero-order chi connectivity index (χ0) is 10.7. The van der Waals surface area contributed by atoms with Crippen molar-refractivity contribution in [2.75, 3.05) is 0 Å². The molecule has 0 aliphatic heterocycles. The minimum absolute atomic E-state index is 0.176. The van der Waals surface area contributed by atoms with Crippen molar-refractivity contribution in [3.63, 3.8) is 0 Å². The summed E-state index contributed by atoms with van der Waals surface area (Å²) < 4.78 is 1.83. The van der Waals surface area contributed by atoms with Gasteiger partial charge in [-0.25, -0.2) is 4.68 Å². The molecule has 14 heavy (non-hydrogen) atoms. The van der Waals surface area contributed by atoms with Gasteiger partial charge in [0, 0.05) is 6.04 Å². The molecule has 1 aromatic rings. The van der Waals surface area contributed by atoms with Crippen LogP contribution in [-0.2, 0) is 17.6 Å². The molecule has 1 rings (SSSR count). The molecular weight excluding hydrogens is 180 g/mol. The number of aromatic nitrogens is 3. The molecule has 0 aliphatic rings. The van der Waals surface area contributed by atoms with Crippen LogP contribution >= 0.6 is 0 Å². The van der Waals surface area contributed by atoms with Gasteiger partial charge in [-0.3, -0.25) is 4.79 Å². The lowest BCUT2D eigenvalue weighted by atomic mass is 10.2. The third-order valence-electron chi connectivity index (χ3n) is 2.04. The van der Waals surface area contributed by atoms with E-state index in [-0.39, 0.29) is 18.4 Å². The van der Waals surface area contributed by atoms with E-state index in [9.17, 15) is 4.79 Å². The third kappa shape index (κ3) is 2.10. The fourth-order valence-electron chi connectivity index (χ4n) is 1.43. The summed E-state index contributed by atoms with van der Waals surface area (Å²) in [4.78, 5) is 10.8. The lowest BCUT2D eigenvalue weighted by molar-refractivity contribution is -0.117. The molecule has 1 aromatic heterocycles. The monoisotopic (exact) mass is 196 g/mol. The van der Waals surface area contributed by atoms with Gasteiger partial charge in [0.05, 0.1) is 17.8 Å². The molecule has 1 amide bonds. The largest absolute Gasteiger partial charge is 0.369 e. The molecule has 0 atom stereocenters. The van der Waals surface area contributed by atoms with E-state index in [2.05, 4.69) is 10.3 Å². The lowest BCUT2D eigenvalue weighted by Gasteiger charge is -2.08. The molecule has 2 N–H and O–H groups in total. The minimum Gasteiger partial charge on any atom is -0.369 e. The molecule has 0 fully saturated rings. The Morgan fingerprint density at radius 1 is 1.57 bits per heavy atom. The van der Waals surface area contributed by atoms with Crippen LogP contribution in [0.2, 0.25) is 0 Å². The van der Waals surface area contributed by atoms with Crippen molar-refractivity contribution in [2.45, 2.75) is 39.7 Å². The number of nitrogens with zero attached hydrogens (tertiary/aromatic N) is 3. The molecule has 0 spiro atoms. The zero-order valence-electron chi connectivity index (χ0n) is 8.82. The van der Waals surface area contributed by atoms with Gasteiger partial charge in [0.2, 0.25) is 5.91 Å². The summed E-state index contributed by atoms with van der Waals surface area (Å²) in [5, 5.41) is 7.96. The first-order chi connectivity index (χ1) is 6.56. The van der Waals surface area contributed by atoms with Crippen LogP contribution in [0, 0.1) is 0 Å². The maximum atomic E-state index is 10.8. The van der Waals surface area contributed by atoms with Crippen molar-refractivity contribution in [1.29, 1.82) is 0 Å². The van der Waals surface area contributed by atoms with Crippen LogP contribution in [0.5, 0.6) is 0 Å². The van der Waals surface area contributed by atoms with Crippen LogP contribution in [0.4, 0.5) is 0 Å². The first kappa shape index (κ1) is 10.7. The van der Waals surface area contributed by atoms with Gasteiger partial charge in [-0.2, -0.15) is 0 Å². The predicted molar refractivity (Wildman–Crippen MR) is 52.7 cm³/mol. The Kier molecular flexibility index (Phi) is 3.22. The molecule has 0 saturated carbocycles. The highest BCUT2D eigenvalue weighted by Crippen LogP contribution is 2.12. The highest BCUT2D eigenvalue weighted by Gasteiger charge is 2.14. The summed E-state index contributed by atoms with van der Waals surface area (Å²) in [5.74, 6) is -0.365. The Bertz CT molecular complexity index is 330. The number of hydrogen-bond donors (Lipinski definition) is 1. The summed E-state index contributed by atoms with van der Waals surface area (Å²) in [6, 6.07) is 0.263. The SMILES string of the molecule is CCc1c(CC(N)=O)nnn1C(C)C. The average molecular weight is 196 g/mol. The molecular formula is C9H16N4O. The van der Waals surface area contributed by atoms with Crippen molar-refractivity contribution in [2.24, 2.45) is 5.73 Å². The second-order valence-electron chi connectivity index (χ2n) is 3.52. The molecule has 0 saturated heterocycles. The van der Waals surface area contributed by atoms with Crippen molar-refractivity contribution in [3.8, 4) is 0 Å².